The van der Waals surface area contributed by atoms with Crippen molar-refractivity contribution in [2.75, 3.05) is 37.9 Å². The lowest BCUT2D eigenvalue weighted by atomic mass is 10.2. The molecule has 0 aliphatic rings. The largest absolute Gasteiger partial charge is 0.465 e. The molecule has 1 aromatic rings. The average Bonchev–Trinajstić information content (AvgIpc) is 2.80. The zero-order valence-electron chi connectivity index (χ0n) is 13.1. The maximum absolute atomic E-state index is 12.0. The summed E-state index contributed by atoms with van der Waals surface area (Å²) in [6.45, 7) is 7.60. The van der Waals surface area contributed by atoms with Gasteiger partial charge in [0.05, 0.1) is 19.9 Å². The number of ether oxygens (including phenoxy) is 2. The van der Waals surface area contributed by atoms with Crippen LogP contribution in [0.15, 0.2) is 0 Å². The van der Waals surface area contributed by atoms with Crippen LogP contribution in [0, 0.1) is 5.92 Å². The Kier molecular flexibility index (Phi) is 6.02. The van der Waals surface area contributed by atoms with Crippen LogP contribution in [-0.4, -0.2) is 39.2 Å². The second-order valence-corrected chi connectivity index (χ2v) is 5.94. The number of hydrogen-bond donors (Lipinski definition) is 1. The summed E-state index contributed by atoms with van der Waals surface area (Å²) in [5, 5.41) is 0.649. The predicted octanol–water partition coefficient (Wildman–Crippen LogP) is 2.39. The summed E-state index contributed by atoms with van der Waals surface area (Å²) in [5.41, 5.74) is 6.32. The first-order valence-corrected chi connectivity index (χ1v) is 7.52. The average molecular weight is 314 g/mol. The number of carbonyl (C=O) groups excluding carboxylic acids is 2. The molecule has 0 spiro atoms. The van der Waals surface area contributed by atoms with E-state index in [2.05, 4.69) is 13.8 Å². The third-order valence-electron chi connectivity index (χ3n) is 2.94. The highest BCUT2D eigenvalue weighted by molar-refractivity contribution is 7.19. The van der Waals surface area contributed by atoms with Crippen molar-refractivity contribution in [3.8, 4) is 0 Å². The van der Waals surface area contributed by atoms with Gasteiger partial charge in [0.1, 0.15) is 15.4 Å². The van der Waals surface area contributed by atoms with Crippen molar-refractivity contribution >= 4 is 34.0 Å². The number of carbonyl (C=O) groups is 2. The third-order valence-corrected chi connectivity index (χ3v) is 4.19. The van der Waals surface area contributed by atoms with Gasteiger partial charge in [-0.05, 0) is 12.8 Å². The molecule has 1 heterocycles. The molecule has 6 nitrogen and oxygen atoms in total. The predicted molar refractivity (Wildman–Crippen MR) is 84.1 cm³/mol. The van der Waals surface area contributed by atoms with E-state index in [4.69, 9.17) is 15.2 Å². The van der Waals surface area contributed by atoms with Crippen LogP contribution in [0.2, 0.25) is 0 Å². The van der Waals surface area contributed by atoms with Crippen LogP contribution in [0.5, 0.6) is 0 Å². The van der Waals surface area contributed by atoms with Crippen molar-refractivity contribution in [1.29, 1.82) is 0 Å². The minimum absolute atomic E-state index is 0.121. The molecular weight excluding hydrogens is 292 g/mol. The summed E-state index contributed by atoms with van der Waals surface area (Å²) in [5.74, 6) is -0.689. The van der Waals surface area contributed by atoms with E-state index in [0.29, 0.717) is 17.5 Å². The summed E-state index contributed by atoms with van der Waals surface area (Å²) in [7, 11) is 2.57. The molecule has 0 fully saturated rings. The Morgan fingerprint density at radius 2 is 1.81 bits per heavy atom. The number of hydrogen-bond acceptors (Lipinski definition) is 7. The topological polar surface area (TPSA) is 81.9 Å². The van der Waals surface area contributed by atoms with Crippen molar-refractivity contribution in [2.45, 2.75) is 20.8 Å². The summed E-state index contributed by atoms with van der Waals surface area (Å²) in [4.78, 5) is 26.0. The van der Waals surface area contributed by atoms with Gasteiger partial charge >= 0.3 is 11.9 Å². The molecule has 0 saturated carbocycles. The van der Waals surface area contributed by atoms with Gasteiger partial charge in [0.15, 0.2) is 0 Å². The van der Waals surface area contributed by atoms with Crippen LogP contribution >= 0.6 is 11.3 Å². The fourth-order valence-corrected chi connectivity index (χ4v) is 3.19. The van der Waals surface area contributed by atoms with E-state index in [1.807, 2.05) is 11.8 Å². The molecule has 7 heteroatoms. The number of rotatable bonds is 6. The maximum Gasteiger partial charge on any atom is 0.350 e. The molecule has 1 rings (SSSR count). The molecular formula is C14H22N2O4S. The van der Waals surface area contributed by atoms with E-state index in [1.54, 1.807) is 0 Å². The number of thiophene rings is 1. The molecule has 118 valence electrons. The summed E-state index contributed by atoms with van der Waals surface area (Å²) in [6, 6.07) is 0. The molecule has 2 N–H and O–H groups in total. The van der Waals surface area contributed by atoms with Crippen LogP contribution in [0.4, 0.5) is 10.7 Å². The third kappa shape index (κ3) is 3.66. The molecule has 0 aliphatic heterocycles. The summed E-state index contributed by atoms with van der Waals surface area (Å²) >= 11 is 1.16. The van der Waals surface area contributed by atoms with E-state index in [9.17, 15) is 9.59 Å². The van der Waals surface area contributed by atoms with Gasteiger partial charge in [-0.2, -0.15) is 0 Å². The minimum atomic E-state index is -0.547. The number of nitrogen functional groups attached to an aromatic ring is 1. The van der Waals surface area contributed by atoms with Crippen LogP contribution in [0.3, 0.4) is 0 Å². The van der Waals surface area contributed by atoms with Gasteiger partial charge < -0.3 is 20.1 Å². The molecule has 1 aromatic heterocycles. The zero-order valence-corrected chi connectivity index (χ0v) is 13.9. The molecule has 0 aliphatic carbocycles. The second kappa shape index (κ2) is 7.31. The minimum Gasteiger partial charge on any atom is -0.465 e. The highest BCUT2D eigenvalue weighted by Gasteiger charge is 2.29. The van der Waals surface area contributed by atoms with Gasteiger partial charge in [-0.15, -0.1) is 11.3 Å². The molecule has 0 bridgehead atoms. The standard InChI is InChI=1S/C14H22N2O4S/c1-6-16(7-8(2)3)12-9(13(17)19-4)10(15)11(21-12)14(18)20-5/h8H,6-7,15H2,1-5H3. The van der Waals surface area contributed by atoms with Crippen molar-refractivity contribution in [3.05, 3.63) is 10.4 Å². The van der Waals surface area contributed by atoms with Crippen LogP contribution < -0.4 is 10.6 Å². The summed E-state index contributed by atoms with van der Waals surface area (Å²) < 4.78 is 9.51. The highest BCUT2D eigenvalue weighted by Crippen LogP contribution is 2.39. The first-order chi connectivity index (χ1) is 9.87. The molecule has 0 amide bonds. The Bertz CT molecular complexity index is 525. The van der Waals surface area contributed by atoms with Gasteiger partial charge in [0.2, 0.25) is 0 Å². The normalized spacial score (nSPS) is 10.6. The van der Waals surface area contributed by atoms with Crippen molar-refractivity contribution in [2.24, 2.45) is 5.92 Å². The quantitative estimate of drug-likeness (QED) is 0.812. The number of methoxy groups -OCH3 is 2. The zero-order chi connectivity index (χ0) is 16.2. The number of nitrogens with two attached hydrogens (primary N) is 1. The first-order valence-electron chi connectivity index (χ1n) is 6.71. The Labute approximate surface area is 128 Å². The first kappa shape index (κ1) is 17.3. The van der Waals surface area contributed by atoms with E-state index in [1.165, 1.54) is 14.2 Å². The van der Waals surface area contributed by atoms with E-state index in [-0.39, 0.29) is 16.1 Å². The molecule has 21 heavy (non-hydrogen) atoms. The molecule has 0 aromatic carbocycles. The molecule has 0 radical (unpaired) electrons. The van der Waals surface area contributed by atoms with E-state index in [0.717, 1.165) is 17.9 Å². The lowest BCUT2D eigenvalue weighted by Gasteiger charge is -2.24. The SMILES string of the molecule is CCN(CC(C)C)c1sc(C(=O)OC)c(N)c1C(=O)OC. The van der Waals surface area contributed by atoms with Gasteiger partial charge in [0, 0.05) is 13.1 Å². The smallest absolute Gasteiger partial charge is 0.350 e. The maximum atomic E-state index is 12.0. The monoisotopic (exact) mass is 314 g/mol. The Balaban J connectivity index is 3.40. The Morgan fingerprint density at radius 1 is 1.24 bits per heavy atom. The fraction of sp³-hybridized carbons (Fsp3) is 0.571. The number of anilines is 2. The van der Waals surface area contributed by atoms with Gasteiger partial charge in [0.25, 0.3) is 0 Å². The summed E-state index contributed by atoms with van der Waals surface area (Å²) in [6.07, 6.45) is 0. The second-order valence-electron chi connectivity index (χ2n) is 4.94. The van der Waals surface area contributed by atoms with Crippen molar-refractivity contribution in [1.82, 2.24) is 0 Å². The Hall–Kier alpha value is -1.76. The van der Waals surface area contributed by atoms with E-state index >= 15 is 0 Å². The molecule has 0 saturated heterocycles. The van der Waals surface area contributed by atoms with Gasteiger partial charge in [-0.25, -0.2) is 9.59 Å². The lowest BCUT2D eigenvalue weighted by molar-refractivity contribution is 0.0602. The number of nitrogens with zero attached hydrogens (tertiary/aromatic N) is 1. The van der Waals surface area contributed by atoms with Gasteiger partial charge in [-0.1, -0.05) is 13.8 Å². The van der Waals surface area contributed by atoms with E-state index < -0.39 is 11.9 Å². The number of esters is 2. The lowest BCUT2D eigenvalue weighted by Crippen LogP contribution is -2.28. The van der Waals surface area contributed by atoms with Crippen LogP contribution in [0.1, 0.15) is 40.8 Å². The Morgan fingerprint density at radius 3 is 2.24 bits per heavy atom. The van der Waals surface area contributed by atoms with Crippen LogP contribution in [-0.2, 0) is 9.47 Å². The van der Waals surface area contributed by atoms with Crippen molar-refractivity contribution < 1.29 is 19.1 Å². The molecule has 0 atom stereocenters. The van der Waals surface area contributed by atoms with Crippen LogP contribution in [0.25, 0.3) is 0 Å². The highest BCUT2D eigenvalue weighted by atomic mass is 32.1. The van der Waals surface area contributed by atoms with Crippen molar-refractivity contribution in [3.63, 3.8) is 0 Å². The fourth-order valence-electron chi connectivity index (χ4n) is 1.99. The van der Waals surface area contributed by atoms with Gasteiger partial charge in [-0.3, -0.25) is 0 Å². The molecule has 0 unspecified atom stereocenters.